The van der Waals surface area contributed by atoms with Crippen LogP contribution in [0.15, 0.2) is 23.5 Å². The van der Waals surface area contributed by atoms with Gasteiger partial charge in [0.2, 0.25) is 0 Å². The molecule has 0 unspecified atom stereocenters. The van der Waals surface area contributed by atoms with Crippen molar-refractivity contribution in [1.29, 1.82) is 0 Å². The minimum Gasteiger partial charge on any atom is -0.352 e. The number of hydrogen-bond acceptors (Lipinski definition) is 1. The van der Waals surface area contributed by atoms with Crippen LogP contribution < -0.4 is 0 Å². The molecular weight excluding hydrogens is 146 g/mol. The standard InChI is InChI=1S/C11H19N/c1-4-8-12-9-10(2)6-5-7-11(12)3/h7,9H,4-6,8H2,1-3H3. The van der Waals surface area contributed by atoms with Crippen molar-refractivity contribution in [1.82, 2.24) is 4.90 Å². The van der Waals surface area contributed by atoms with Gasteiger partial charge in [0.25, 0.3) is 0 Å². The maximum atomic E-state index is 2.36. The highest BCUT2D eigenvalue weighted by Gasteiger charge is 2.04. The first-order valence-electron chi connectivity index (χ1n) is 4.84. The van der Waals surface area contributed by atoms with Crippen LogP contribution in [0, 0.1) is 0 Å². The van der Waals surface area contributed by atoms with E-state index in [4.69, 9.17) is 0 Å². The Labute approximate surface area is 75.8 Å². The van der Waals surface area contributed by atoms with E-state index in [0.29, 0.717) is 0 Å². The Morgan fingerprint density at radius 1 is 1.42 bits per heavy atom. The van der Waals surface area contributed by atoms with E-state index in [1.165, 1.54) is 30.5 Å². The Morgan fingerprint density at radius 2 is 2.17 bits per heavy atom. The van der Waals surface area contributed by atoms with Gasteiger partial charge in [0.15, 0.2) is 0 Å². The van der Waals surface area contributed by atoms with Crippen LogP contribution in [0.5, 0.6) is 0 Å². The highest BCUT2D eigenvalue weighted by molar-refractivity contribution is 5.11. The molecule has 0 amide bonds. The Balaban J connectivity index is 2.69. The first-order chi connectivity index (χ1) is 5.74. The molecule has 0 atom stereocenters. The summed E-state index contributed by atoms with van der Waals surface area (Å²) in [5.74, 6) is 0. The summed E-state index contributed by atoms with van der Waals surface area (Å²) in [6.45, 7) is 7.79. The molecule has 1 rings (SSSR count). The van der Waals surface area contributed by atoms with E-state index < -0.39 is 0 Å². The minimum absolute atomic E-state index is 1.15. The van der Waals surface area contributed by atoms with Crippen LogP contribution in [0.3, 0.4) is 0 Å². The molecule has 0 aromatic carbocycles. The van der Waals surface area contributed by atoms with E-state index in [9.17, 15) is 0 Å². The van der Waals surface area contributed by atoms with E-state index in [1.54, 1.807) is 0 Å². The zero-order valence-corrected chi connectivity index (χ0v) is 8.43. The topological polar surface area (TPSA) is 3.24 Å². The number of nitrogens with zero attached hydrogens (tertiary/aromatic N) is 1. The van der Waals surface area contributed by atoms with Gasteiger partial charge in [0.05, 0.1) is 0 Å². The minimum atomic E-state index is 1.15. The van der Waals surface area contributed by atoms with Gasteiger partial charge in [-0.05, 0) is 33.1 Å². The van der Waals surface area contributed by atoms with E-state index in [1.807, 2.05) is 0 Å². The van der Waals surface area contributed by atoms with Crippen molar-refractivity contribution >= 4 is 0 Å². The molecule has 1 heteroatoms. The molecule has 0 N–H and O–H groups in total. The number of hydrogen-bond donors (Lipinski definition) is 0. The fraction of sp³-hybridized carbons (Fsp3) is 0.636. The monoisotopic (exact) mass is 165 g/mol. The lowest BCUT2D eigenvalue weighted by molar-refractivity contribution is 0.460. The van der Waals surface area contributed by atoms with Crippen LogP contribution in [0.4, 0.5) is 0 Å². The van der Waals surface area contributed by atoms with Crippen molar-refractivity contribution in [3.05, 3.63) is 23.5 Å². The lowest BCUT2D eigenvalue weighted by Gasteiger charge is -2.19. The Kier molecular flexibility index (Phi) is 3.39. The Morgan fingerprint density at radius 3 is 2.83 bits per heavy atom. The molecule has 1 heterocycles. The molecule has 0 aromatic heterocycles. The third kappa shape index (κ3) is 2.40. The summed E-state index contributed by atoms with van der Waals surface area (Å²) in [6, 6.07) is 0. The Hall–Kier alpha value is -0.720. The third-order valence-electron chi connectivity index (χ3n) is 2.27. The van der Waals surface area contributed by atoms with Crippen LogP contribution >= 0.6 is 0 Å². The molecule has 1 nitrogen and oxygen atoms in total. The van der Waals surface area contributed by atoms with Gasteiger partial charge in [0, 0.05) is 18.4 Å². The molecular formula is C11H19N. The van der Waals surface area contributed by atoms with Crippen LogP contribution in [-0.2, 0) is 0 Å². The van der Waals surface area contributed by atoms with Gasteiger partial charge in [-0.2, -0.15) is 0 Å². The average molecular weight is 165 g/mol. The van der Waals surface area contributed by atoms with Gasteiger partial charge >= 0.3 is 0 Å². The lowest BCUT2D eigenvalue weighted by atomic mass is 10.2. The van der Waals surface area contributed by atoms with Crippen molar-refractivity contribution in [2.24, 2.45) is 0 Å². The molecule has 0 radical (unpaired) electrons. The first-order valence-corrected chi connectivity index (χ1v) is 4.84. The predicted molar refractivity (Wildman–Crippen MR) is 53.7 cm³/mol. The normalized spacial score (nSPS) is 18.4. The van der Waals surface area contributed by atoms with E-state index >= 15 is 0 Å². The highest BCUT2D eigenvalue weighted by atomic mass is 15.1. The van der Waals surface area contributed by atoms with Gasteiger partial charge in [-0.15, -0.1) is 0 Å². The Bertz CT molecular complexity index is 201. The molecule has 0 fully saturated rings. The smallest absolute Gasteiger partial charge is 0.0219 e. The summed E-state index contributed by atoms with van der Waals surface area (Å²) in [7, 11) is 0. The third-order valence-corrected chi connectivity index (χ3v) is 2.27. The second-order valence-corrected chi connectivity index (χ2v) is 3.55. The summed E-state index contributed by atoms with van der Waals surface area (Å²) < 4.78 is 0. The molecule has 0 saturated heterocycles. The van der Waals surface area contributed by atoms with Gasteiger partial charge < -0.3 is 4.90 Å². The second-order valence-electron chi connectivity index (χ2n) is 3.55. The summed E-state index contributed by atoms with van der Waals surface area (Å²) in [5, 5.41) is 0. The van der Waals surface area contributed by atoms with Gasteiger partial charge in [-0.25, -0.2) is 0 Å². The van der Waals surface area contributed by atoms with E-state index in [-0.39, 0.29) is 0 Å². The van der Waals surface area contributed by atoms with Crippen LogP contribution in [-0.4, -0.2) is 11.4 Å². The summed E-state index contributed by atoms with van der Waals surface area (Å²) in [5.41, 5.74) is 2.91. The average Bonchev–Trinajstić information content (AvgIpc) is 2.16. The van der Waals surface area contributed by atoms with Crippen molar-refractivity contribution in [2.45, 2.75) is 40.0 Å². The van der Waals surface area contributed by atoms with Gasteiger partial charge in [-0.3, -0.25) is 0 Å². The molecule has 0 aromatic rings. The van der Waals surface area contributed by atoms with Gasteiger partial charge in [0.1, 0.15) is 0 Å². The molecule has 0 bridgehead atoms. The molecule has 0 saturated carbocycles. The quantitative estimate of drug-likeness (QED) is 0.607. The molecule has 68 valence electrons. The van der Waals surface area contributed by atoms with Crippen LogP contribution in [0.1, 0.15) is 40.0 Å². The van der Waals surface area contributed by atoms with Crippen LogP contribution in [0.25, 0.3) is 0 Å². The second kappa shape index (κ2) is 4.34. The first kappa shape index (κ1) is 9.37. The molecule has 0 spiro atoms. The summed E-state index contributed by atoms with van der Waals surface area (Å²) >= 11 is 0. The fourth-order valence-corrected chi connectivity index (χ4v) is 1.54. The van der Waals surface area contributed by atoms with Crippen molar-refractivity contribution < 1.29 is 0 Å². The fourth-order valence-electron chi connectivity index (χ4n) is 1.54. The van der Waals surface area contributed by atoms with Crippen molar-refractivity contribution in [3.63, 3.8) is 0 Å². The summed E-state index contributed by atoms with van der Waals surface area (Å²) in [4.78, 5) is 2.36. The molecule has 0 aliphatic carbocycles. The van der Waals surface area contributed by atoms with Crippen molar-refractivity contribution in [3.8, 4) is 0 Å². The van der Waals surface area contributed by atoms with Crippen LogP contribution in [0.2, 0.25) is 0 Å². The zero-order chi connectivity index (χ0) is 8.97. The maximum Gasteiger partial charge on any atom is 0.0219 e. The lowest BCUT2D eigenvalue weighted by Crippen LogP contribution is -2.15. The van der Waals surface area contributed by atoms with E-state index in [2.05, 4.69) is 37.9 Å². The SMILES string of the molecule is CCCN1C=C(C)CCC=C1C. The largest absolute Gasteiger partial charge is 0.352 e. The predicted octanol–water partition coefficient (Wildman–Crippen LogP) is 3.30. The molecule has 1 aliphatic heterocycles. The van der Waals surface area contributed by atoms with Gasteiger partial charge in [-0.1, -0.05) is 18.6 Å². The highest BCUT2D eigenvalue weighted by Crippen LogP contribution is 2.17. The summed E-state index contributed by atoms with van der Waals surface area (Å²) in [6.07, 6.45) is 8.27. The van der Waals surface area contributed by atoms with E-state index in [0.717, 1.165) is 6.54 Å². The number of allylic oxidation sites excluding steroid dienone is 3. The number of rotatable bonds is 2. The maximum absolute atomic E-state index is 2.36. The molecule has 12 heavy (non-hydrogen) atoms. The molecule has 1 aliphatic rings. The van der Waals surface area contributed by atoms with Crippen molar-refractivity contribution in [2.75, 3.05) is 6.54 Å². The zero-order valence-electron chi connectivity index (χ0n) is 8.43.